The van der Waals surface area contributed by atoms with Crippen LogP contribution in [0.1, 0.15) is 19.4 Å². The van der Waals surface area contributed by atoms with Crippen LogP contribution in [0.3, 0.4) is 0 Å². The lowest BCUT2D eigenvalue weighted by molar-refractivity contribution is 0.711. The molecule has 0 saturated carbocycles. The third-order valence-corrected chi connectivity index (χ3v) is 3.60. The molecule has 0 aliphatic heterocycles. The maximum absolute atomic E-state index is 4.58. The van der Waals surface area contributed by atoms with Gasteiger partial charge in [0.05, 0.1) is 11.0 Å². The van der Waals surface area contributed by atoms with Crippen LogP contribution in [0, 0.1) is 6.92 Å². The van der Waals surface area contributed by atoms with Crippen LogP contribution in [0.5, 0.6) is 0 Å². The number of hydrogen-bond acceptors (Lipinski definition) is 3. The fraction of sp³-hybridized carbons (Fsp3) is 0.462. The lowest BCUT2D eigenvalue weighted by atomic mass is 10.2. The van der Waals surface area contributed by atoms with Crippen molar-refractivity contribution >= 4 is 22.8 Å². The molecule has 17 heavy (non-hydrogen) atoms. The molecule has 2 rings (SSSR count). The summed E-state index contributed by atoms with van der Waals surface area (Å²) < 4.78 is 0. The van der Waals surface area contributed by atoms with Gasteiger partial charge in [-0.2, -0.15) is 0 Å². The molecule has 3 nitrogen and oxygen atoms in total. The first-order chi connectivity index (χ1) is 8.19. The highest BCUT2D eigenvalue weighted by Gasteiger charge is 2.08. The predicted octanol–water partition coefficient (Wildman–Crippen LogP) is 2.96. The average molecular weight is 249 g/mol. The van der Waals surface area contributed by atoms with Crippen molar-refractivity contribution in [1.82, 2.24) is 15.3 Å². The minimum Gasteiger partial charge on any atom is -0.333 e. The van der Waals surface area contributed by atoms with Crippen LogP contribution < -0.4 is 5.32 Å². The van der Waals surface area contributed by atoms with Gasteiger partial charge in [0.1, 0.15) is 0 Å². The predicted molar refractivity (Wildman–Crippen MR) is 74.7 cm³/mol. The molecule has 2 N–H and O–H groups in total. The van der Waals surface area contributed by atoms with Crippen LogP contribution in [0.2, 0.25) is 0 Å². The van der Waals surface area contributed by atoms with Crippen molar-refractivity contribution in [3.63, 3.8) is 0 Å². The van der Waals surface area contributed by atoms with E-state index in [4.69, 9.17) is 0 Å². The number of thioether (sulfide) groups is 1. The van der Waals surface area contributed by atoms with Gasteiger partial charge in [0, 0.05) is 11.8 Å². The lowest BCUT2D eigenvalue weighted by Crippen LogP contribution is -2.22. The molecule has 0 aliphatic rings. The second-order valence-electron chi connectivity index (χ2n) is 4.30. The molecular formula is C13H19N3S. The standard InChI is InChI=1S/C13H19N3S/c1-4-14-8-10(3)17-13-15-11-6-5-9(2)7-12(11)16-13/h5-7,10,14H,4,8H2,1-3H3,(H,15,16). The molecule has 0 spiro atoms. The molecule has 2 aromatic rings. The van der Waals surface area contributed by atoms with E-state index >= 15 is 0 Å². The Morgan fingerprint density at radius 2 is 2.29 bits per heavy atom. The van der Waals surface area contributed by atoms with Crippen LogP contribution in [-0.4, -0.2) is 28.3 Å². The highest BCUT2D eigenvalue weighted by molar-refractivity contribution is 7.99. The molecule has 0 saturated heterocycles. The Morgan fingerprint density at radius 3 is 3.06 bits per heavy atom. The summed E-state index contributed by atoms with van der Waals surface area (Å²) in [6.07, 6.45) is 0. The number of aryl methyl sites for hydroxylation is 1. The van der Waals surface area contributed by atoms with Crippen LogP contribution >= 0.6 is 11.8 Å². The molecule has 1 unspecified atom stereocenters. The molecule has 1 aromatic heterocycles. The van der Waals surface area contributed by atoms with Gasteiger partial charge in [-0.1, -0.05) is 31.7 Å². The van der Waals surface area contributed by atoms with Gasteiger partial charge in [0.15, 0.2) is 5.16 Å². The van der Waals surface area contributed by atoms with E-state index in [0.29, 0.717) is 5.25 Å². The maximum Gasteiger partial charge on any atom is 0.166 e. The van der Waals surface area contributed by atoms with E-state index in [2.05, 4.69) is 54.3 Å². The monoisotopic (exact) mass is 249 g/mol. The summed E-state index contributed by atoms with van der Waals surface area (Å²) in [5.41, 5.74) is 3.44. The fourth-order valence-corrected chi connectivity index (χ4v) is 2.64. The fourth-order valence-electron chi connectivity index (χ4n) is 1.74. The second kappa shape index (κ2) is 5.56. The van der Waals surface area contributed by atoms with E-state index in [1.165, 1.54) is 5.56 Å². The number of H-pyrrole nitrogens is 1. The van der Waals surface area contributed by atoms with Crippen LogP contribution in [-0.2, 0) is 0 Å². The normalized spacial score (nSPS) is 13.1. The molecule has 92 valence electrons. The smallest absolute Gasteiger partial charge is 0.166 e. The Morgan fingerprint density at radius 1 is 1.47 bits per heavy atom. The number of hydrogen-bond donors (Lipinski definition) is 2. The van der Waals surface area contributed by atoms with Gasteiger partial charge >= 0.3 is 0 Å². The van der Waals surface area contributed by atoms with E-state index in [0.717, 1.165) is 29.3 Å². The van der Waals surface area contributed by atoms with E-state index in [1.54, 1.807) is 11.8 Å². The van der Waals surface area contributed by atoms with Crippen molar-refractivity contribution in [2.24, 2.45) is 0 Å². The second-order valence-corrected chi connectivity index (χ2v) is 5.73. The maximum atomic E-state index is 4.58. The van der Waals surface area contributed by atoms with Crippen molar-refractivity contribution in [3.05, 3.63) is 23.8 Å². The zero-order valence-electron chi connectivity index (χ0n) is 10.6. The van der Waals surface area contributed by atoms with Crippen molar-refractivity contribution in [2.75, 3.05) is 13.1 Å². The topological polar surface area (TPSA) is 40.7 Å². The van der Waals surface area contributed by atoms with E-state index in [1.807, 2.05) is 0 Å². The summed E-state index contributed by atoms with van der Waals surface area (Å²) in [4.78, 5) is 7.95. The lowest BCUT2D eigenvalue weighted by Gasteiger charge is -2.08. The minimum absolute atomic E-state index is 0.525. The highest BCUT2D eigenvalue weighted by Crippen LogP contribution is 2.23. The number of benzene rings is 1. The summed E-state index contributed by atoms with van der Waals surface area (Å²) in [5.74, 6) is 0. The third-order valence-electron chi connectivity index (χ3n) is 2.61. The quantitative estimate of drug-likeness (QED) is 0.800. The van der Waals surface area contributed by atoms with Gasteiger partial charge in [-0.3, -0.25) is 0 Å². The molecule has 1 atom stereocenters. The zero-order chi connectivity index (χ0) is 12.3. The van der Waals surface area contributed by atoms with Gasteiger partial charge in [0.2, 0.25) is 0 Å². The first-order valence-electron chi connectivity index (χ1n) is 6.02. The SMILES string of the molecule is CCNCC(C)Sc1nc2ccc(C)cc2[nH]1. The molecule has 1 heterocycles. The highest BCUT2D eigenvalue weighted by atomic mass is 32.2. The third kappa shape index (κ3) is 3.23. The summed E-state index contributed by atoms with van der Waals surface area (Å²) in [5, 5.41) is 4.88. The first-order valence-corrected chi connectivity index (χ1v) is 6.90. The molecular weight excluding hydrogens is 230 g/mol. The van der Waals surface area contributed by atoms with Crippen molar-refractivity contribution in [3.8, 4) is 0 Å². The molecule has 0 amide bonds. The van der Waals surface area contributed by atoms with Gasteiger partial charge in [-0.15, -0.1) is 0 Å². The zero-order valence-corrected chi connectivity index (χ0v) is 11.4. The Kier molecular flexibility index (Phi) is 4.07. The average Bonchev–Trinajstić information content (AvgIpc) is 2.67. The Hall–Kier alpha value is -1.00. The minimum atomic E-state index is 0.525. The van der Waals surface area contributed by atoms with Gasteiger partial charge in [-0.25, -0.2) is 4.98 Å². The molecule has 0 radical (unpaired) electrons. The van der Waals surface area contributed by atoms with Crippen molar-refractivity contribution in [1.29, 1.82) is 0 Å². The summed E-state index contributed by atoms with van der Waals surface area (Å²) in [6, 6.07) is 6.31. The number of imidazole rings is 1. The molecule has 0 fully saturated rings. The van der Waals surface area contributed by atoms with Crippen LogP contribution in [0.25, 0.3) is 11.0 Å². The Bertz CT molecular complexity index is 492. The number of fused-ring (bicyclic) bond motifs is 1. The van der Waals surface area contributed by atoms with Gasteiger partial charge < -0.3 is 10.3 Å². The number of aromatic nitrogens is 2. The molecule has 1 aromatic carbocycles. The van der Waals surface area contributed by atoms with Gasteiger partial charge in [0.25, 0.3) is 0 Å². The van der Waals surface area contributed by atoms with Gasteiger partial charge in [-0.05, 0) is 31.2 Å². The van der Waals surface area contributed by atoms with E-state index < -0.39 is 0 Å². The van der Waals surface area contributed by atoms with Crippen LogP contribution in [0.4, 0.5) is 0 Å². The number of nitrogens with one attached hydrogen (secondary N) is 2. The summed E-state index contributed by atoms with van der Waals surface area (Å²) >= 11 is 1.79. The number of aromatic amines is 1. The molecule has 4 heteroatoms. The van der Waals surface area contributed by atoms with E-state index in [-0.39, 0.29) is 0 Å². The van der Waals surface area contributed by atoms with E-state index in [9.17, 15) is 0 Å². The van der Waals surface area contributed by atoms with Crippen molar-refractivity contribution < 1.29 is 0 Å². The molecule has 0 aliphatic carbocycles. The number of nitrogens with zero attached hydrogens (tertiary/aromatic N) is 1. The first kappa shape index (κ1) is 12.5. The largest absolute Gasteiger partial charge is 0.333 e. The van der Waals surface area contributed by atoms with Crippen molar-refractivity contribution in [2.45, 2.75) is 31.2 Å². The Balaban J connectivity index is 2.08. The van der Waals surface area contributed by atoms with Crippen LogP contribution in [0.15, 0.2) is 23.4 Å². The summed E-state index contributed by atoms with van der Waals surface area (Å²) in [7, 11) is 0. The molecule has 0 bridgehead atoms. The number of rotatable bonds is 5. The Labute approximate surface area is 106 Å². The summed E-state index contributed by atoms with van der Waals surface area (Å²) in [6.45, 7) is 8.47.